The van der Waals surface area contributed by atoms with Crippen LogP contribution < -0.4 is 15.0 Å². The van der Waals surface area contributed by atoms with Crippen LogP contribution in [-0.2, 0) is 6.61 Å². The van der Waals surface area contributed by atoms with E-state index in [4.69, 9.17) is 9.26 Å². The Morgan fingerprint density at radius 3 is 2.96 bits per heavy atom. The molecule has 0 radical (unpaired) electrons. The van der Waals surface area contributed by atoms with E-state index in [1.165, 1.54) is 0 Å². The molecule has 1 aliphatic heterocycles. The molecule has 3 heterocycles. The number of nitrogens with one attached hydrogen (secondary N) is 1. The second-order valence-corrected chi connectivity index (χ2v) is 6.87. The highest BCUT2D eigenvalue weighted by atomic mass is 32.1. The SMILES string of the molecule is Cc1nc(COc2cccc(-c3nc(N4CCNCC4)no3)c2)cs1. The first-order valence-corrected chi connectivity index (χ1v) is 9.09. The van der Waals surface area contributed by atoms with Crippen molar-refractivity contribution in [3.8, 4) is 17.2 Å². The molecule has 0 amide bonds. The van der Waals surface area contributed by atoms with Gasteiger partial charge in [0.05, 0.1) is 10.7 Å². The minimum atomic E-state index is 0.448. The van der Waals surface area contributed by atoms with Crippen molar-refractivity contribution in [3.63, 3.8) is 0 Å². The normalized spacial score (nSPS) is 14.7. The van der Waals surface area contributed by atoms with Gasteiger partial charge < -0.3 is 19.5 Å². The molecule has 8 heteroatoms. The Morgan fingerprint density at radius 2 is 2.16 bits per heavy atom. The number of hydrogen-bond donors (Lipinski definition) is 1. The van der Waals surface area contributed by atoms with E-state index in [-0.39, 0.29) is 0 Å². The van der Waals surface area contributed by atoms with Gasteiger partial charge in [0.25, 0.3) is 11.8 Å². The second kappa shape index (κ2) is 7.20. The van der Waals surface area contributed by atoms with E-state index in [2.05, 4.69) is 25.3 Å². The summed E-state index contributed by atoms with van der Waals surface area (Å²) in [4.78, 5) is 11.0. The number of rotatable bonds is 5. The minimum absolute atomic E-state index is 0.448. The van der Waals surface area contributed by atoms with Crippen LogP contribution in [0.5, 0.6) is 5.75 Å². The summed E-state index contributed by atoms with van der Waals surface area (Å²) in [7, 11) is 0. The molecular formula is C17H19N5O2S. The van der Waals surface area contributed by atoms with E-state index in [0.717, 1.165) is 48.2 Å². The van der Waals surface area contributed by atoms with Gasteiger partial charge in [-0.25, -0.2) is 4.98 Å². The number of nitrogens with zero attached hydrogens (tertiary/aromatic N) is 4. The van der Waals surface area contributed by atoms with Crippen molar-refractivity contribution in [2.75, 3.05) is 31.1 Å². The zero-order valence-electron chi connectivity index (χ0n) is 13.9. The lowest BCUT2D eigenvalue weighted by molar-refractivity contribution is 0.302. The van der Waals surface area contributed by atoms with Crippen LogP contribution in [0.1, 0.15) is 10.7 Å². The van der Waals surface area contributed by atoms with Crippen LogP contribution in [0, 0.1) is 6.92 Å². The summed E-state index contributed by atoms with van der Waals surface area (Å²) >= 11 is 1.62. The topological polar surface area (TPSA) is 76.3 Å². The average molecular weight is 357 g/mol. The van der Waals surface area contributed by atoms with Crippen molar-refractivity contribution in [2.45, 2.75) is 13.5 Å². The van der Waals surface area contributed by atoms with Crippen molar-refractivity contribution >= 4 is 17.3 Å². The lowest BCUT2D eigenvalue weighted by Gasteiger charge is -2.25. The number of aryl methyl sites for hydroxylation is 1. The molecule has 1 N–H and O–H groups in total. The van der Waals surface area contributed by atoms with Crippen LogP contribution in [0.25, 0.3) is 11.5 Å². The molecule has 0 saturated carbocycles. The maximum atomic E-state index is 5.83. The second-order valence-electron chi connectivity index (χ2n) is 5.81. The predicted octanol–water partition coefficient (Wildman–Crippen LogP) is 2.49. The quantitative estimate of drug-likeness (QED) is 0.752. The average Bonchev–Trinajstić information content (AvgIpc) is 3.30. The fourth-order valence-corrected chi connectivity index (χ4v) is 3.27. The van der Waals surface area contributed by atoms with Crippen molar-refractivity contribution in [1.82, 2.24) is 20.4 Å². The molecule has 1 saturated heterocycles. The molecule has 130 valence electrons. The molecule has 0 aliphatic carbocycles. The van der Waals surface area contributed by atoms with Crippen molar-refractivity contribution in [1.29, 1.82) is 0 Å². The monoisotopic (exact) mass is 357 g/mol. The Bertz CT molecular complexity index is 841. The molecule has 0 unspecified atom stereocenters. The van der Waals surface area contributed by atoms with Gasteiger partial charge in [-0.3, -0.25) is 0 Å². The van der Waals surface area contributed by atoms with Gasteiger partial charge in [0.1, 0.15) is 12.4 Å². The molecule has 4 rings (SSSR count). The maximum Gasteiger partial charge on any atom is 0.266 e. The molecule has 0 bridgehead atoms. The summed E-state index contributed by atoms with van der Waals surface area (Å²) in [6, 6.07) is 7.69. The highest BCUT2D eigenvalue weighted by Gasteiger charge is 2.17. The molecule has 0 atom stereocenters. The molecule has 1 aromatic carbocycles. The number of benzene rings is 1. The first-order valence-electron chi connectivity index (χ1n) is 8.21. The van der Waals surface area contributed by atoms with Crippen molar-refractivity contribution in [3.05, 3.63) is 40.3 Å². The third-order valence-electron chi connectivity index (χ3n) is 3.95. The van der Waals surface area contributed by atoms with Crippen molar-refractivity contribution in [2.24, 2.45) is 0 Å². The lowest BCUT2D eigenvalue weighted by atomic mass is 10.2. The van der Waals surface area contributed by atoms with Crippen LogP contribution in [0.3, 0.4) is 0 Å². The third-order valence-corrected chi connectivity index (χ3v) is 4.77. The third kappa shape index (κ3) is 3.80. The van der Waals surface area contributed by atoms with Crippen LogP contribution in [0.4, 0.5) is 5.95 Å². The van der Waals surface area contributed by atoms with E-state index >= 15 is 0 Å². The van der Waals surface area contributed by atoms with Gasteiger partial charge in [-0.15, -0.1) is 11.3 Å². The molecule has 3 aromatic rings. The number of thiazole rings is 1. The molecule has 25 heavy (non-hydrogen) atoms. The number of hydrogen-bond acceptors (Lipinski definition) is 8. The largest absolute Gasteiger partial charge is 0.487 e. The molecule has 2 aromatic heterocycles. The zero-order chi connectivity index (χ0) is 17.1. The van der Waals surface area contributed by atoms with E-state index < -0.39 is 0 Å². The summed E-state index contributed by atoms with van der Waals surface area (Å²) in [5.74, 6) is 1.90. The van der Waals surface area contributed by atoms with E-state index in [9.17, 15) is 0 Å². The van der Waals surface area contributed by atoms with Crippen LogP contribution in [-0.4, -0.2) is 41.3 Å². The predicted molar refractivity (Wildman–Crippen MR) is 96.0 cm³/mol. The number of anilines is 1. The first kappa shape index (κ1) is 16.0. The summed E-state index contributed by atoms with van der Waals surface area (Å²) in [6.45, 7) is 6.07. The van der Waals surface area contributed by atoms with Gasteiger partial charge in [-0.05, 0) is 30.3 Å². The highest BCUT2D eigenvalue weighted by Crippen LogP contribution is 2.25. The summed E-state index contributed by atoms with van der Waals surface area (Å²) in [5.41, 5.74) is 1.78. The summed E-state index contributed by atoms with van der Waals surface area (Å²) in [5, 5.41) is 10.5. The number of piperazine rings is 1. The van der Waals surface area contributed by atoms with Crippen LogP contribution in [0.15, 0.2) is 34.2 Å². The van der Waals surface area contributed by atoms with Gasteiger partial charge in [0, 0.05) is 37.1 Å². The highest BCUT2D eigenvalue weighted by molar-refractivity contribution is 7.09. The van der Waals surface area contributed by atoms with Crippen molar-refractivity contribution < 1.29 is 9.26 Å². The van der Waals surface area contributed by atoms with Gasteiger partial charge >= 0.3 is 0 Å². The lowest BCUT2D eigenvalue weighted by Crippen LogP contribution is -2.44. The van der Waals surface area contributed by atoms with Gasteiger partial charge in [-0.1, -0.05) is 6.07 Å². The summed E-state index contributed by atoms with van der Waals surface area (Å²) < 4.78 is 11.3. The Labute approximate surface area is 149 Å². The molecular weight excluding hydrogens is 338 g/mol. The van der Waals surface area contributed by atoms with Crippen LogP contribution >= 0.6 is 11.3 Å². The molecule has 1 aliphatic rings. The smallest absolute Gasteiger partial charge is 0.266 e. The molecule has 0 spiro atoms. The van der Waals surface area contributed by atoms with E-state index in [1.807, 2.05) is 36.6 Å². The standard InChI is InChI=1S/C17H19N5O2S/c1-12-19-14(11-25-12)10-23-15-4-2-3-13(9-15)16-20-17(21-24-16)22-7-5-18-6-8-22/h2-4,9,11,18H,5-8,10H2,1H3. The molecule has 7 nitrogen and oxygen atoms in total. The fraction of sp³-hybridized carbons (Fsp3) is 0.353. The van der Waals surface area contributed by atoms with Crippen LogP contribution in [0.2, 0.25) is 0 Å². The maximum absolute atomic E-state index is 5.83. The summed E-state index contributed by atoms with van der Waals surface area (Å²) in [6.07, 6.45) is 0. The number of ether oxygens (including phenoxy) is 1. The fourth-order valence-electron chi connectivity index (χ4n) is 2.68. The minimum Gasteiger partial charge on any atom is -0.487 e. The Hall–Kier alpha value is -2.45. The van der Waals surface area contributed by atoms with Gasteiger partial charge in [-0.2, -0.15) is 4.98 Å². The molecule has 1 fully saturated rings. The Kier molecular flexibility index (Phi) is 4.62. The Morgan fingerprint density at radius 1 is 1.28 bits per heavy atom. The van der Waals surface area contributed by atoms with Gasteiger partial charge in [0.2, 0.25) is 0 Å². The zero-order valence-corrected chi connectivity index (χ0v) is 14.8. The number of aromatic nitrogens is 3. The van der Waals surface area contributed by atoms with E-state index in [0.29, 0.717) is 18.4 Å². The first-order chi connectivity index (χ1) is 12.3. The van der Waals surface area contributed by atoms with Gasteiger partial charge in [0.15, 0.2) is 0 Å². The Balaban J connectivity index is 1.46. The van der Waals surface area contributed by atoms with E-state index in [1.54, 1.807) is 11.3 Å².